The van der Waals surface area contributed by atoms with Crippen LogP contribution >= 0.6 is 11.6 Å². The highest BCUT2D eigenvalue weighted by Crippen LogP contribution is 2.33. The van der Waals surface area contributed by atoms with Gasteiger partial charge in [-0.25, -0.2) is 9.97 Å². The van der Waals surface area contributed by atoms with Gasteiger partial charge in [-0.15, -0.1) is 0 Å². The first-order chi connectivity index (χ1) is 8.99. The molecule has 1 fully saturated rings. The van der Waals surface area contributed by atoms with Crippen molar-refractivity contribution in [1.29, 1.82) is 0 Å². The fraction of sp³-hybridized carbons (Fsp3) is 0.733. The van der Waals surface area contributed by atoms with E-state index in [0.717, 1.165) is 23.1 Å². The largest absolute Gasteiger partial charge is 0.367 e. The van der Waals surface area contributed by atoms with Gasteiger partial charge in [-0.05, 0) is 38.5 Å². The predicted octanol–water partition coefficient (Wildman–Crippen LogP) is 4.37. The molecular formula is C15H24ClN3. The molecule has 0 aromatic carbocycles. The standard InChI is InChI=1S/C15H24ClN3/c1-9(2)12-7-5-6-8-13(12)19-15-10(3)14(16)17-11(4)18-15/h9,12-13H,5-8H2,1-4H3,(H,17,18,19). The van der Waals surface area contributed by atoms with Gasteiger partial charge in [0.1, 0.15) is 16.8 Å². The van der Waals surface area contributed by atoms with Crippen molar-refractivity contribution in [2.75, 3.05) is 5.32 Å². The minimum Gasteiger partial charge on any atom is -0.367 e. The maximum atomic E-state index is 6.14. The molecule has 1 aliphatic carbocycles. The van der Waals surface area contributed by atoms with Gasteiger partial charge in [0, 0.05) is 11.6 Å². The van der Waals surface area contributed by atoms with Crippen molar-refractivity contribution in [3.05, 3.63) is 16.5 Å². The Balaban J connectivity index is 2.19. The first kappa shape index (κ1) is 14.6. The van der Waals surface area contributed by atoms with Gasteiger partial charge < -0.3 is 5.32 Å². The number of aryl methyl sites for hydroxylation is 1. The van der Waals surface area contributed by atoms with E-state index in [0.29, 0.717) is 17.1 Å². The lowest BCUT2D eigenvalue weighted by Crippen LogP contribution is -2.35. The smallest absolute Gasteiger partial charge is 0.137 e. The molecule has 1 heterocycles. The number of nitrogens with one attached hydrogen (secondary N) is 1. The van der Waals surface area contributed by atoms with E-state index >= 15 is 0 Å². The van der Waals surface area contributed by atoms with Crippen molar-refractivity contribution in [3.63, 3.8) is 0 Å². The summed E-state index contributed by atoms with van der Waals surface area (Å²) in [6, 6.07) is 0.512. The second kappa shape index (κ2) is 6.08. The molecule has 2 unspecified atom stereocenters. The summed E-state index contributed by atoms with van der Waals surface area (Å²) in [5.74, 6) is 3.07. The zero-order valence-corrected chi connectivity index (χ0v) is 13.1. The molecule has 1 aromatic heterocycles. The molecular weight excluding hydrogens is 258 g/mol. The van der Waals surface area contributed by atoms with Crippen LogP contribution in [0.5, 0.6) is 0 Å². The van der Waals surface area contributed by atoms with Crippen LogP contribution in [-0.2, 0) is 0 Å². The van der Waals surface area contributed by atoms with Crippen LogP contribution in [0.2, 0.25) is 5.15 Å². The van der Waals surface area contributed by atoms with Crippen molar-refractivity contribution in [1.82, 2.24) is 9.97 Å². The fourth-order valence-electron chi connectivity index (χ4n) is 3.05. The van der Waals surface area contributed by atoms with Crippen LogP contribution in [0.25, 0.3) is 0 Å². The Bertz CT molecular complexity index is 445. The number of anilines is 1. The summed E-state index contributed by atoms with van der Waals surface area (Å²) in [4.78, 5) is 8.71. The number of hydrogen-bond acceptors (Lipinski definition) is 3. The van der Waals surface area contributed by atoms with E-state index in [-0.39, 0.29) is 0 Å². The zero-order chi connectivity index (χ0) is 14.0. The summed E-state index contributed by atoms with van der Waals surface area (Å²) < 4.78 is 0. The SMILES string of the molecule is Cc1nc(Cl)c(C)c(NC2CCCCC2C(C)C)n1. The van der Waals surface area contributed by atoms with E-state index in [1.54, 1.807) is 0 Å². The van der Waals surface area contributed by atoms with Gasteiger partial charge in [0.15, 0.2) is 0 Å². The van der Waals surface area contributed by atoms with Crippen molar-refractivity contribution in [2.24, 2.45) is 11.8 Å². The second-order valence-corrected chi connectivity index (χ2v) is 6.34. The topological polar surface area (TPSA) is 37.8 Å². The van der Waals surface area contributed by atoms with Crippen molar-refractivity contribution in [2.45, 2.75) is 59.4 Å². The van der Waals surface area contributed by atoms with Crippen LogP contribution in [0.3, 0.4) is 0 Å². The highest BCUT2D eigenvalue weighted by molar-refractivity contribution is 6.30. The molecule has 0 radical (unpaired) electrons. The monoisotopic (exact) mass is 281 g/mol. The van der Waals surface area contributed by atoms with E-state index in [9.17, 15) is 0 Å². The van der Waals surface area contributed by atoms with Crippen LogP contribution < -0.4 is 5.32 Å². The van der Waals surface area contributed by atoms with Crippen LogP contribution in [0.4, 0.5) is 5.82 Å². The zero-order valence-electron chi connectivity index (χ0n) is 12.3. The molecule has 1 saturated carbocycles. The van der Waals surface area contributed by atoms with Crippen molar-refractivity contribution >= 4 is 17.4 Å². The Morgan fingerprint density at radius 1 is 1.16 bits per heavy atom. The van der Waals surface area contributed by atoms with E-state index in [1.165, 1.54) is 25.7 Å². The predicted molar refractivity (Wildman–Crippen MR) is 80.7 cm³/mol. The van der Waals surface area contributed by atoms with Gasteiger partial charge in [-0.1, -0.05) is 38.3 Å². The summed E-state index contributed by atoms with van der Waals surface area (Å²) in [5, 5.41) is 4.19. The molecule has 0 amide bonds. The summed E-state index contributed by atoms with van der Waals surface area (Å²) in [6.45, 7) is 8.50. The van der Waals surface area contributed by atoms with Crippen LogP contribution in [0.1, 0.15) is 50.9 Å². The first-order valence-electron chi connectivity index (χ1n) is 7.26. The first-order valence-corrected chi connectivity index (χ1v) is 7.64. The van der Waals surface area contributed by atoms with Gasteiger partial charge in [-0.3, -0.25) is 0 Å². The Labute approximate surface area is 121 Å². The number of aromatic nitrogens is 2. The lowest BCUT2D eigenvalue weighted by molar-refractivity contribution is 0.253. The van der Waals surface area contributed by atoms with Gasteiger partial charge in [0.25, 0.3) is 0 Å². The summed E-state index contributed by atoms with van der Waals surface area (Å²) >= 11 is 6.14. The maximum absolute atomic E-state index is 6.14. The number of nitrogens with zero attached hydrogens (tertiary/aromatic N) is 2. The van der Waals surface area contributed by atoms with E-state index < -0.39 is 0 Å². The summed E-state index contributed by atoms with van der Waals surface area (Å²) in [5.41, 5.74) is 0.959. The molecule has 0 saturated heterocycles. The van der Waals surface area contributed by atoms with Gasteiger partial charge in [0.05, 0.1) is 0 Å². The molecule has 1 aliphatic rings. The van der Waals surface area contributed by atoms with E-state index in [1.807, 2.05) is 13.8 Å². The van der Waals surface area contributed by atoms with Crippen LogP contribution in [0, 0.1) is 25.7 Å². The third kappa shape index (κ3) is 3.38. The molecule has 0 bridgehead atoms. The molecule has 1 aromatic rings. The van der Waals surface area contributed by atoms with Crippen LogP contribution in [0.15, 0.2) is 0 Å². The quantitative estimate of drug-likeness (QED) is 0.836. The van der Waals surface area contributed by atoms with Crippen molar-refractivity contribution in [3.8, 4) is 0 Å². The minimum atomic E-state index is 0.512. The highest BCUT2D eigenvalue weighted by Gasteiger charge is 2.28. The molecule has 2 atom stereocenters. The molecule has 0 spiro atoms. The molecule has 1 N–H and O–H groups in total. The maximum Gasteiger partial charge on any atom is 0.137 e. The van der Waals surface area contributed by atoms with Crippen molar-refractivity contribution < 1.29 is 0 Å². The Morgan fingerprint density at radius 3 is 2.53 bits per heavy atom. The van der Waals surface area contributed by atoms with E-state index in [2.05, 4.69) is 29.1 Å². The molecule has 19 heavy (non-hydrogen) atoms. The molecule has 3 nitrogen and oxygen atoms in total. The molecule has 106 valence electrons. The Morgan fingerprint density at radius 2 is 1.84 bits per heavy atom. The third-order valence-corrected chi connectivity index (χ3v) is 4.56. The average Bonchev–Trinajstić information content (AvgIpc) is 2.35. The van der Waals surface area contributed by atoms with Gasteiger partial charge in [-0.2, -0.15) is 0 Å². The van der Waals surface area contributed by atoms with Gasteiger partial charge >= 0.3 is 0 Å². The fourth-order valence-corrected chi connectivity index (χ4v) is 3.26. The normalized spacial score (nSPS) is 23.7. The average molecular weight is 282 g/mol. The number of rotatable bonds is 3. The lowest BCUT2D eigenvalue weighted by atomic mass is 9.78. The molecule has 4 heteroatoms. The summed E-state index contributed by atoms with van der Waals surface area (Å²) in [6.07, 6.45) is 5.19. The number of halogens is 1. The van der Waals surface area contributed by atoms with Gasteiger partial charge in [0.2, 0.25) is 0 Å². The third-order valence-electron chi connectivity index (χ3n) is 4.20. The molecule has 0 aliphatic heterocycles. The van der Waals surface area contributed by atoms with E-state index in [4.69, 9.17) is 11.6 Å². The highest BCUT2D eigenvalue weighted by atomic mass is 35.5. The Kier molecular flexibility index (Phi) is 4.67. The Hall–Kier alpha value is -0.830. The minimum absolute atomic E-state index is 0.512. The van der Waals surface area contributed by atoms with Crippen LogP contribution in [-0.4, -0.2) is 16.0 Å². The molecule has 2 rings (SSSR count). The second-order valence-electron chi connectivity index (χ2n) is 5.98. The lowest BCUT2D eigenvalue weighted by Gasteiger charge is -2.35. The number of hydrogen-bond donors (Lipinski definition) is 1. The summed E-state index contributed by atoms with van der Waals surface area (Å²) in [7, 11) is 0.